The molecule has 0 saturated carbocycles. The number of halogens is 3. The van der Waals surface area contributed by atoms with E-state index in [1.807, 2.05) is 6.92 Å². The molecule has 21 heavy (non-hydrogen) atoms. The van der Waals surface area contributed by atoms with Gasteiger partial charge in [-0.1, -0.05) is 13.0 Å². The molecule has 0 amide bonds. The molecule has 8 heteroatoms. The van der Waals surface area contributed by atoms with Crippen LogP contribution in [0, 0.1) is 6.92 Å². The van der Waals surface area contributed by atoms with Gasteiger partial charge in [-0.2, -0.15) is 13.2 Å². The maximum atomic E-state index is 12.8. The topological polar surface area (TPSA) is 58.2 Å². The molecule has 0 aliphatic heterocycles. The molecule has 0 aliphatic carbocycles. The van der Waals surface area contributed by atoms with Gasteiger partial charge in [0.15, 0.2) is 0 Å². The summed E-state index contributed by atoms with van der Waals surface area (Å²) in [6, 6.07) is 3.38. The number of nitrogens with one attached hydrogen (secondary N) is 2. The van der Waals surface area contributed by atoms with Gasteiger partial charge in [0, 0.05) is 12.2 Å². The molecule has 1 aromatic rings. The van der Waals surface area contributed by atoms with Crippen molar-refractivity contribution in [2.45, 2.75) is 32.2 Å². The number of sulfonamides is 1. The number of hydrogen-bond acceptors (Lipinski definition) is 3. The standard InChI is InChI=1S/C13H19F3N2O2S/c1-4-17-8-10(3)21(19,20)18-11-6-5-9(2)12(7-11)13(14,15)16/h5-7,10,17-18H,4,8H2,1-3H3. The van der Waals surface area contributed by atoms with Crippen LogP contribution < -0.4 is 10.0 Å². The molecule has 120 valence electrons. The van der Waals surface area contributed by atoms with E-state index in [0.29, 0.717) is 6.54 Å². The van der Waals surface area contributed by atoms with Crippen molar-refractivity contribution in [3.05, 3.63) is 29.3 Å². The largest absolute Gasteiger partial charge is 0.416 e. The first-order chi connectivity index (χ1) is 9.58. The van der Waals surface area contributed by atoms with Crippen molar-refractivity contribution in [2.75, 3.05) is 17.8 Å². The van der Waals surface area contributed by atoms with Crippen molar-refractivity contribution in [1.29, 1.82) is 0 Å². The third kappa shape index (κ3) is 4.89. The highest BCUT2D eigenvalue weighted by atomic mass is 32.2. The van der Waals surface area contributed by atoms with E-state index >= 15 is 0 Å². The van der Waals surface area contributed by atoms with E-state index in [9.17, 15) is 21.6 Å². The first kappa shape index (κ1) is 17.8. The van der Waals surface area contributed by atoms with Gasteiger partial charge in [-0.05, 0) is 38.1 Å². The summed E-state index contributed by atoms with van der Waals surface area (Å²) in [6.45, 7) is 5.49. The molecule has 0 saturated heterocycles. The van der Waals surface area contributed by atoms with Gasteiger partial charge >= 0.3 is 6.18 Å². The molecule has 1 unspecified atom stereocenters. The molecule has 0 aliphatic rings. The fourth-order valence-electron chi connectivity index (χ4n) is 1.71. The zero-order chi connectivity index (χ0) is 16.3. The van der Waals surface area contributed by atoms with Crippen molar-refractivity contribution in [3.63, 3.8) is 0 Å². The second kappa shape index (κ2) is 6.65. The van der Waals surface area contributed by atoms with E-state index in [2.05, 4.69) is 10.0 Å². The van der Waals surface area contributed by atoms with Gasteiger partial charge in [0.2, 0.25) is 10.0 Å². The van der Waals surface area contributed by atoms with E-state index < -0.39 is 27.0 Å². The monoisotopic (exact) mass is 324 g/mol. The molecule has 0 bridgehead atoms. The van der Waals surface area contributed by atoms with Crippen LogP contribution in [0.4, 0.5) is 18.9 Å². The van der Waals surface area contributed by atoms with Crippen molar-refractivity contribution in [3.8, 4) is 0 Å². The van der Waals surface area contributed by atoms with Gasteiger partial charge in [0.25, 0.3) is 0 Å². The van der Waals surface area contributed by atoms with Crippen LogP contribution in [0.1, 0.15) is 25.0 Å². The van der Waals surface area contributed by atoms with Gasteiger partial charge < -0.3 is 5.32 Å². The lowest BCUT2D eigenvalue weighted by molar-refractivity contribution is -0.138. The van der Waals surface area contributed by atoms with E-state index in [1.165, 1.54) is 26.0 Å². The Morgan fingerprint density at radius 1 is 1.29 bits per heavy atom. The second-order valence-electron chi connectivity index (χ2n) is 4.79. The number of aryl methyl sites for hydroxylation is 1. The Morgan fingerprint density at radius 3 is 2.43 bits per heavy atom. The highest BCUT2D eigenvalue weighted by Crippen LogP contribution is 2.33. The summed E-state index contributed by atoms with van der Waals surface area (Å²) < 4.78 is 64.6. The maximum absolute atomic E-state index is 12.8. The molecular weight excluding hydrogens is 305 g/mol. The lowest BCUT2D eigenvalue weighted by Crippen LogP contribution is -2.34. The Balaban J connectivity index is 2.98. The number of rotatable bonds is 6. The van der Waals surface area contributed by atoms with Crippen LogP contribution in [0.25, 0.3) is 0 Å². The third-order valence-electron chi connectivity index (χ3n) is 3.01. The summed E-state index contributed by atoms with van der Waals surface area (Å²) in [5.41, 5.74) is -0.885. The average molecular weight is 324 g/mol. The molecule has 1 aromatic carbocycles. The van der Waals surface area contributed by atoms with Crippen LogP contribution in [-0.2, 0) is 16.2 Å². The molecule has 0 radical (unpaired) electrons. The molecule has 4 nitrogen and oxygen atoms in total. The maximum Gasteiger partial charge on any atom is 0.416 e. The van der Waals surface area contributed by atoms with E-state index in [1.54, 1.807) is 0 Å². The number of anilines is 1. The normalized spacial score (nSPS) is 14.0. The van der Waals surface area contributed by atoms with Gasteiger partial charge in [-0.3, -0.25) is 4.72 Å². The summed E-state index contributed by atoms with van der Waals surface area (Å²) in [5, 5.41) is 2.13. The minimum Gasteiger partial charge on any atom is -0.316 e. The summed E-state index contributed by atoms with van der Waals surface area (Å²) in [5.74, 6) is 0. The van der Waals surface area contributed by atoms with Crippen LogP contribution in [0.3, 0.4) is 0 Å². The van der Waals surface area contributed by atoms with Gasteiger partial charge in [-0.25, -0.2) is 8.42 Å². The predicted octanol–water partition coefficient (Wildman–Crippen LogP) is 2.75. The Kier molecular flexibility index (Phi) is 5.63. The molecular formula is C13H19F3N2O2S. The van der Waals surface area contributed by atoms with Gasteiger partial charge in [-0.15, -0.1) is 0 Å². The SMILES string of the molecule is CCNCC(C)S(=O)(=O)Nc1ccc(C)c(C(F)(F)F)c1. The fraction of sp³-hybridized carbons (Fsp3) is 0.538. The molecule has 1 rings (SSSR count). The van der Waals surface area contributed by atoms with E-state index in [4.69, 9.17) is 0 Å². The van der Waals surface area contributed by atoms with Gasteiger partial charge in [0.05, 0.1) is 10.8 Å². The highest BCUT2D eigenvalue weighted by molar-refractivity contribution is 7.93. The minimum atomic E-state index is -4.51. The highest BCUT2D eigenvalue weighted by Gasteiger charge is 2.33. The Morgan fingerprint density at radius 2 is 1.90 bits per heavy atom. The lowest BCUT2D eigenvalue weighted by atomic mass is 10.1. The van der Waals surface area contributed by atoms with E-state index in [0.717, 1.165) is 6.07 Å². The molecule has 1 atom stereocenters. The van der Waals surface area contributed by atoms with E-state index in [-0.39, 0.29) is 17.8 Å². The number of hydrogen-bond donors (Lipinski definition) is 2. The molecule has 2 N–H and O–H groups in total. The predicted molar refractivity (Wildman–Crippen MR) is 76.7 cm³/mol. The van der Waals surface area contributed by atoms with Crippen LogP contribution in [-0.4, -0.2) is 26.8 Å². The third-order valence-corrected chi connectivity index (χ3v) is 4.76. The van der Waals surface area contributed by atoms with Crippen molar-refractivity contribution >= 4 is 15.7 Å². The zero-order valence-corrected chi connectivity index (χ0v) is 12.9. The molecule has 0 spiro atoms. The summed E-state index contributed by atoms with van der Waals surface area (Å²) in [6.07, 6.45) is -4.51. The van der Waals surface area contributed by atoms with Gasteiger partial charge in [0.1, 0.15) is 0 Å². The van der Waals surface area contributed by atoms with Crippen molar-refractivity contribution in [1.82, 2.24) is 5.32 Å². The second-order valence-corrected chi connectivity index (χ2v) is 6.89. The Labute approximate surface area is 122 Å². The summed E-state index contributed by atoms with van der Waals surface area (Å²) in [4.78, 5) is 0. The smallest absolute Gasteiger partial charge is 0.316 e. The van der Waals surface area contributed by atoms with Crippen LogP contribution in [0.5, 0.6) is 0 Å². The quantitative estimate of drug-likeness (QED) is 0.846. The van der Waals surface area contributed by atoms with Crippen LogP contribution >= 0.6 is 0 Å². The first-order valence-corrected chi connectivity index (χ1v) is 8.02. The number of benzene rings is 1. The Bertz CT molecular complexity index is 586. The fourth-order valence-corrected chi connectivity index (χ4v) is 2.71. The van der Waals surface area contributed by atoms with Crippen LogP contribution in [0.15, 0.2) is 18.2 Å². The molecule has 0 fully saturated rings. The number of alkyl halides is 3. The lowest BCUT2D eigenvalue weighted by Gasteiger charge is -2.17. The Hall–Kier alpha value is -1.28. The molecule has 0 aromatic heterocycles. The zero-order valence-electron chi connectivity index (χ0n) is 12.1. The average Bonchev–Trinajstić information content (AvgIpc) is 2.36. The summed E-state index contributed by atoms with van der Waals surface area (Å²) >= 11 is 0. The summed E-state index contributed by atoms with van der Waals surface area (Å²) in [7, 11) is -3.74. The first-order valence-electron chi connectivity index (χ1n) is 6.48. The van der Waals surface area contributed by atoms with Crippen molar-refractivity contribution < 1.29 is 21.6 Å². The van der Waals surface area contributed by atoms with Crippen LogP contribution in [0.2, 0.25) is 0 Å². The minimum absolute atomic E-state index is 0.0474. The molecule has 0 heterocycles. The van der Waals surface area contributed by atoms with Crippen molar-refractivity contribution in [2.24, 2.45) is 0 Å².